The monoisotopic (exact) mass is 432 g/mol. The third kappa shape index (κ3) is 4.28. The van der Waals surface area contributed by atoms with Crippen LogP contribution >= 0.6 is 11.6 Å². The van der Waals surface area contributed by atoms with Crippen molar-refractivity contribution in [3.8, 4) is 0 Å². The zero-order valence-corrected chi connectivity index (χ0v) is 17.8. The molecule has 4 rings (SSSR count). The van der Waals surface area contributed by atoms with Gasteiger partial charge in [0.2, 0.25) is 0 Å². The number of pyridine rings is 1. The van der Waals surface area contributed by atoms with Crippen LogP contribution in [0.25, 0.3) is 0 Å². The average Bonchev–Trinajstić information content (AvgIpc) is 3.28. The summed E-state index contributed by atoms with van der Waals surface area (Å²) in [4.78, 5) is 43.2. The Morgan fingerprint density at radius 2 is 1.84 bits per heavy atom. The van der Waals surface area contributed by atoms with Crippen LogP contribution in [0.5, 0.6) is 0 Å². The Morgan fingerprint density at radius 1 is 1.10 bits per heavy atom. The number of rotatable bonds is 5. The Kier molecular flexibility index (Phi) is 5.96. The first kappa shape index (κ1) is 20.9. The molecular formula is C25H21ClN2O3. The SMILES string of the molecule is Cc1ccc(C(=O)c2ccc(C3CCN(C(=O)c4ncccc4Cl)C3)c(C=O)c2)cc1. The van der Waals surface area contributed by atoms with E-state index in [1.54, 1.807) is 47.5 Å². The molecule has 1 aliphatic heterocycles. The van der Waals surface area contributed by atoms with Crippen LogP contribution in [0, 0.1) is 6.92 Å². The van der Waals surface area contributed by atoms with Crippen LogP contribution in [-0.2, 0) is 0 Å². The number of ketones is 1. The summed E-state index contributed by atoms with van der Waals surface area (Å²) in [5.41, 5.74) is 3.69. The van der Waals surface area contributed by atoms with E-state index in [9.17, 15) is 14.4 Å². The van der Waals surface area contributed by atoms with E-state index in [0.29, 0.717) is 34.8 Å². The summed E-state index contributed by atoms with van der Waals surface area (Å²) in [7, 11) is 0. The normalized spacial score (nSPS) is 15.7. The summed E-state index contributed by atoms with van der Waals surface area (Å²) in [5.74, 6) is -0.329. The smallest absolute Gasteiger partial charge is 0.274 e. The van der Waals surface area contributed by atoms with Gasteiger partial charge in [0.1, 0.15) is 12.0 Å². The van der Waals surface area contributed by atoms with Crippen LogP contribution in [0.1, 0.15) is 60.2 Å². The lowest BCUT2D eigenvalue weighted by molar-refractivity contribution is 0.0785. The molecule has 0 bridgehead atoms. The fourth-order valence-electron chi connectivity index (χ4n) is 3.95. The van der Waals surface area contributed by atoms with Crippen LogP contribution in [-0.4, -0.2) is 40.9 Å². The summed E-state index contributed by atoms with van der Waals surface area (Å²) in [6, 6.07) is 15.9. The highest BCUT2D eigenvalue weighted by Crippen LogP contribution is 2.31. The van der Waals surface area contributed by atoms with Crippen molar-refractivity contribution in [3.63, 3.8) is 0 Å². The average molecular weight is 433 g/mol. The van der Waals surface area contributed by atoms with Gasteiger partial charge in [-0.2, -0.15) is 0 Å². The van der Waals surface area contributed by atoms with E-state index in [0.717, 1.165) is 23.8 Å². The Labute approximate surface area is 185 Å². The second kappa shape index (κ2) is 8.82. The van der Waals surface area contributed by atoms with E-state index in [2.05, 4.69) is 4.98 Å². The number of hydrogen-bond donors (Lipinski definition) is 0. The first-order chi connectivity index (χ1) is 15.0. The van der Waals surface area contributed by atoms with Gasteiger partial charge in [0, 0.05) is 41.9 Å². The molecule has 1 saturated heterocycles. The van der Waals surface area contributed by atoms with Gasteiger partial charge in [0.15, 0.2) is 5.78 Å². The Balaban J connectivity index is 1.54. The van der Waals surface area contributed by atoms with Gasteiger partial charge < -0.3 is 4.90 Å². The molecule has 0 saturated carbocycles. The third-order valence-corrected chi connectivity index (χ3v) is 5.97. The topological polar surface area (TPSA) is 67.3 Å². The number of nitrogens with zero attached hydrogens (tertiary/aromatic N) is 2. The van der Waals surface area contributed by atoms with Gasteiger partial charge in [-0.1, -0.05) is 53.6 Å². The molecule has 0 N–H and O–H groups in total. The number of aromatic nitrogens is 1. The molecule has 1 aliphatic rings. The molecule has 5 nitrogen and oxygen atoms in total. The van der Waals surface area contributed by atoms with Crippen LogP contribution < -0.4 is 0 Å². The standard InChI is InChI=1S/C25H21ClN2O3/c1-16-4-6-17(7-5-16)24(30)18-8-9-21(20(13-18)15-29)19-10-12-28(14-19)25(31)23-22(26)3-2-11-27-23/h2-9,11,13,15,19H,10,12,14H2,1H3. The van der Waals surface area contributed by atoms with Crippen LogP contribution in [0.15, 0.2) is 60.8 Å². The molecule has 2 aromatic carbocycles. The largest absolute Gasteiger partial charge is 0.337 e. The van der Waals surface area contributed by atoms with Gasteiger partial charge in [-0.15, -0.1) is 0 Å². The molecule has 0 radical (unpaired) electrons. The lowest BCUT2D eigenvalue weighted by Gasteiger charge is -2.18. The van der Waals surface area contributed by atoms with Gasteiger partial charge in [-0.3, -0.25) is 14.4 Å². The molecule has 1 amide bonds. The molecule has 1 fully saturated rings. The second-order valence-electron chi connectivity index (χ2n) is 7.73. The molecule has 156 valence electrons. The van der Waals surface area contributed by atoms with Crippen LogP contribution in [0.2, 0.25) is 5.02 Å². The van der Waals surface area contributed by atoms with Gasteiger partial charge in [0.05, 0.1) is 5.02 Å². The van der Waals surface area contributed by atoms with Crippen LogP contribution in [0.4, 0.5) is 0 Å². The molecule has 3 aromatic rings. The van der Waals surface area contributed by atoms with Crippen molar-refractivity contribution in [2.24, 2.45) is 0 Å². The fourth-order valence-corrected chi connectivity index (χ4v) is 4.16. The first-order valence-electron chi connectivity index (χ1n) is 10.1. The first-order valence-corrected chi connectivity index (χ1v) is 10.5. The summed E-state index contributed by atoms with van der Waals surface area (Å²) in [6.07, 6.45) is 3.05. The number of carbonyl (C=O) groups excluding carboxylic acids is 3. The van der Waals surface area contributed by atoms with Crippen molar-refractivity contribution in [2.45, 2.75) is 19.3 Å². The number of benzene rings is 2. The summed E-state index contributed by atoms with van der Waals surface area (Å²) in [6.45, 7) is 2.99. The van der Waals surface area contributed by atoms with Crippen molar-refractivity contribution in [3.05, 3.63) is 99.3 Å². The number of halogens is 1. The summed E-state index contributed by atoms with van der Waals surface area (Å²) in [5, 5.41) is 0.323. The molecule has 1 aromatic heterocycles. The van der Waals surface area contributed by atoms with Gasteiger partial charge >= 0.3 is 0 Å². The number of amides is 1. The molecule has 1 atom stereocenters. The van der Waals surface area contributed by atoms with Crippen molar-refractivity contribution in [1.29, 1.82) is 0 Å². The highest BCUT2D eigenvalue weighted by Gasteiger charge is 2.31. The van der Waals surface area contributed by atoms with E-state index in [4.69, 9.17) is 11.6 Å². The van der Waals surface area contributed by atoms with E-state index < -0.39 is 0 Å². The number of hydrogen-bond acceptors (Lipinski definition) is 4. The maximum atomic E-state index is 12.8. The van der Waals surface area contributed by atoms with Crippen molar-refractivity contribution in [1.82, 2.24) is 9.88 Å². The quantitative estimate of drug-likeness (QED) is 0.432. The Morgan fingerprint density at radius 3 is 2.55 bits per heavy atom. The van der Waals surface area contributed by atoms with Gasteiger partial charge in [0.25, 0.3) is 5.91 Å². The zero-order valence-electron chi connectivity index (χ0n) is 17.0. The molecule has 2 heterocycles. The minimum Gasteiger partial charge on any atom is -0.337 e. The third-order valence-electron chi connectivity index (χ3n) is 5.67. The number of aldehydes is 1. The number of aryl methyl sites for hydroxylation is 1. The molecule has 0 aliphatic carbocycles. The molecule has 31 heavy (non-hydrogen) atoms. The minimum atomic E-state index is -0.216. The Bertz CT molecular complexity index is 1160. The second-order valence-corrected chi connectivity index (χ2v) is 8.13. The van der Waals surface area contributed by atoms with Crippen LogP contribution in [0.3, 0.4) is 0 Å². The molecule has 1 unspecified atom stereocenters. The lowest BCUT2D eigenvalue weighted by Crippen LogP contribution is -2.29. The maximum Gasteiger partial charge on any atom is 0.274 e. The minimum absolute atomic E-state index is 0.00941. The van der Waals surface area contributed by atoms with E-state index in [1.165, 1.54) is 0 Å². The highest BCUT2D eigenvalue weighted by molar-refractivity contribution is 6.33. The van der Waals surface area contributed by atoms with Gasteiger partial charge in [-0.25, -0.2) is 4.98 Å². The van der Waals surface area contributed by atoms with E-state index in [1.807, 2.05) is 25.1 Å². The number of likely N-dealkylation sites (tertiary alicyclic amines) is 1. The zero-order chi connectivity index (χ0) is 22.0. The predicted octanol–water partition coefficient (Wildman–Crippen LogP) is 4.72. The Hall–Kier alpha value is -3.31. The van der Waals surface area contributed by atoms with Crippen molar-refractivity contribution >= 4 is 29.6 Å². The predicted molar refractivity (Wildman–Crippen MR) is 119 cm³/mol. The van der Waals surface area contributed by atoms with E-state index in [-0.39, 0.29) is 23.3 Å². The lowest BCUT2D eigenvalue weighted by atomic mass is 9.91. The molecule has 0 spiro atoms. The summed E-state index contributed by atoms with van der Waals surface area (Å²) >= 11 is 6.12. The van der Waals surface area contributed by atoms with E-state index >= 15 is 0 Å². The molecule has 6 heteroatoms. The summed E-state index contributed by atoms with van der Waals surface area (Å²) < 4.78 is 0. The van der Waals surface area contributed by atoms with Crippen molar-refractivity contribution < 1.29 is 14.4 Å². The molecular weight excluding hydrogens is 412 g/mol. The van der Waals surface area contributed by atoms with Gasteiger partial charge in [-0.05, 0) is 37.1 Å². The highest BCUT2D eigenvalue weighted by atomic mass is 35.5. The number of carbonyl (C=O) groups is 3. The van der Waals surface area contributed by atoms with Crippen molar-refractivity contribution in [2.75, 3.05) is 13.1 Å². The maximum absolute atomic E-state index is 12.8. The fraction of sp³-hybridized carbons (Fsp3) is 0.200.